The number of amides is 2. The lowest BCUT2D eigenvalue weighted by Crippen LogP contribution is -2.68. The molecular formula is C34H44N2O12. The SMILES string of the molecule is CC(=O)NC1C(OC(C)=O)CC(COC(C)=O)OC1OC1C(COCc2ccccc2)OC(O)C(NC(C)=O)C1OCc1ccccc1. The van der Waals surface area contributed by atoms with Crippen molar-refractivity contribution in [2.24, 2.45) is 0 Å². The normalized spacial score (nSPS) is 28.6. The van der Waals surface area contributed by atoms with E-state index in [0.717, 1.165) is 11.1 Å². The standard InChI is InChI=1S/C34H44N2O12/c1-20(37)35-29-27(45-23(4)40)15-26(18-43-22(3)39)46-34(29)48-31-28(19-42-16-24-11-7-5-8-12-24)47-33(41)30(36-21(2)38)32(31)44-17-25-13-9-6-10-14-25/h5-14,26-34,41H,15-19H2,1-4H3,(H,35,37)(H,36,38). The van der Waals surface area contributed by atoms with Crippen LogP contribution in [0.2, 0.25) is 0 Å². The average Bonchev–Trinajstić information content (AvgIpc) is 3.03. The molecule has 0 radical (unpaired) electrons. The lowest BCUT2D eigenvalue weighted by Gasteiger charge is -2.48. The number of esters is 2. The maximum atomic E-state index is 12.4. The predicted octanol–water partition coefficient (Wildman–Crippen LogP) is 1.51. The molecule has 2 fully saturated rings. The van der Waals surface area contributed by atoms with E-state index in [0.29, 0.717) is 0 Å². The van der Waals surface area contributed by atoms with E-state index < -0.39 is 78.9 Å². The zero-order valence-electron chi connectivity index (χ0n) is 27.4. The second-order valence-corrected chi connectivity index (χ2v) is 11.7. The fraction of sp³-hybridized carbons (Fsp3) is 0.529. The Bertz CT molecular complexity index is 1350. The molecular weight excluding hydrogens is 628 g/mol. The Hall–Kier alpha value is -3.92. The largest absolute Gasteiger partial charge is 0.463 e. The molecule has 4 rings (SSSR count). The average molecular weight is 673 g/mol. The summed E-state index contributed by atoms with van der Waals surface area (Å²) in [6.45, 7) is 5.14. The van der Waals surface area contributed by atoms with Crippen LogP contribution in [0.4, 0.5) is 0 Å². The molecule has 9 unspecified atom stereocenters. The van der Waals surface area contributed by atoms with Crippen molar-refractivity contribution in [3.63, 3.8) is 0 Å². The van der Waals surface area contributed by atoms with Gasteiger partial charge in [-0.2, -0.15) is 0 Å². The molecule has 2 saturated heterocycles. The van der Waals surface area contributed by atoms with Gasteiger partial charge in [0, 0.05) is 34.1 Å². The number of carbonyl (C=O) groups excluding carboxylic acids is 4. The molecule has 262 valence electrons. The minimum atomic E-state index is -1.51. The van der Waals surface area contributed by atoms with Crippen LogP contribution in [0.25, 0.3) is 0 Å². The van der Waals surface area contributed by atoms with Crippen LogP contribution in [0.1, 0.15) is 45.2 Å². The Morgan fingerprint density at radius 3 is 1.96 bits per heavy atom. The van der Waals surface area contributed by atoms with E-state index in [1.165, 1.54) is 27.7 Å². The second kappa shape index (κ2) is 18.0. The smallest absolute Gasteiger partial charge is 0.302 e. The van der Waals surface area contributed by atoms with Gasteiger partial charge in [-0.05, 0) is 11.1 Å². The van der Waals surface area contributed by atoms with Crippen LogP contribution in [0.15, 0.2) is 60.7 Å². The Labute approximate surface area is 279 Å². The molecule has 3 N–H and O–H groups in total. The monoisotopic (exact) mass is 672 g/mol. The molecule has 2 aromatic carbocycles. The zero-order chi connectivity index (χ0) is 34.6. The van der Waals surface area contributed by atoms with Crippen molar-refractivity contribution in [1.29, 1.82) is 0 Å². The summed E-state index contributed by atoms with van der Waals surface area (Å²) in [6.07, 6.45) is -7.53. The van der Waals surface area contributed by atoms with Gasteiger partial charge in [0.25, 0.3) is 0 Å². The van der Waals surface area contributed by atoms with Crippen LogP contribution >= 0.6 is 0 Å². The number of benzene rings is 2. The summed E-state index contributed by atoms with van der Waals surface area (Å²) in [6, 6.07) is 16.6. The Morgan fingerprint density at radius 1 is 0.771 bits per heavy atom. The number of aliphatic hydroxyl groups excluding tert-OH is 1. The first-order valence-corrected chi connectivity index (χ1v) is 15.8. The van der Waals surface area contributed by atoms with E-state index >= 15 is 0 Å². The molecule has 0 spiro atoms. The van der Waals surface area contributed by atoms with Crippen LogP contribution in [0, 0.1) is 0 Å². The number of aliphatic hydroxyl groups is 1. The molecule has 0 bridgehead atoms. The van der Waals surface area contributed by atoms with Gasteiger partial charge in [0.05, 0.1) is 25.9 Å². The van der Waals surface area contributed by atoms with E-state index in [-0.39, 0.29) is 32.8 Å². The maximum Gasteiger partial charge on any atom is 0.302 e. The highest BCUT2D eigenvalue weighted by Gasteiger charge is 2.51. The van der Waals surface area contributed by atoms with Gasteiger partial charge >= 0.3 is 11.9 Å². The molecule has 0 saturated carbocycles. The summed E-state index contributed by atoms with van der Waals surface area (Å²) in [4.78, 5) is 48.4. The Kier molecular flexibility index (Phi) is 13.8. The summed E-state index contributed by atoms with van der Waals surface area (Å²) in [5.41, 5.74) is 1.72. The summed E-state index contributed by atoms with van der Waals surface area (Å²) >= 11 is 0. The minimum Gasteiger partial charge on any atom is -0.463 e. The third-order valence-corrected chi connectivity index (χ3v) is 7.68. The molecule has 2 aliphatic heterocycles. The highest BCUT2D eigenvalue weighted by atomic mass is 16.7. The topological polar surface area (TPSA) is 177 Å². The van der Waals surface area contributed by atoms with Gasteiger partial charge in [-0.15, -0.1) is 0 Å². The summed E-state index contributed by atoms with van der Waals surface area (Å²) in [5, 5.41) is 16.6. The quantitative estimate of drug-likeness (QED) is 0.247. The molecule has 0 aromatic heterocycles. The highest BCUT2D eigenvalue weighted by Crippen LogP contribution is 2.32. The highest BCUT2D eigenvalue weighted by molar-refractivity contribution is 5.74. The third kappa shape index (κ3) is 11.1. The molecule has 14 heteroatoms. The van der Waals surface area contributed by atoms with Crippen molar-refractivity contribution in [1.82, 2.24) is 10.6 Å². The summed E-state index contributed by atoms with van der Waals surface area (Å²) in [7, 11) is 0. The van der Waals surface area contributed by atoms with Crippen LogP contribution in [-0.4, -0.2) is 97.3 Å². The third-order valence-electron chi connectivity index (χ3n) is 7.68. The summed E-state index contributed by atoms with van der Waals surface area (Å²) < 4.78 is 42.0. The minimum absolute atomic E-state index is 0.0730. The van der Waals surface area contributed by atoms with Gasteiger partial charge < -0.3 is 48.9 Å². The van der Waals surface area contributed by atoms with Crippen LogP contribution in [0.5, 0.6) is 0 Å². The Morgan fingerprint density at radius 2 is 1.38 bits per heavy atom. The van der Waals surface area contributed by atoms with Gasteiger partial charge in [0.1, 0.15) is 43.1 Å². The van der Waals surface area contributed by atoms with Crippen molar-refractivity contribution in [3.8, 4) is 0 Å². The van der Waals surface area contributed by atoms with E-state index in [4.69, 9.17) is 33.2 Å². The van der Waals surface area contributed by atoms with Crippen molar-refractivity contribution in [3.05, 3.63) is 71.8 Å². The van der Waals surface area contributed by atoms with Gasteiger partial charge in [0.15, 0.2) is 12.6 Å². The van der Waals surface area contributed by atoms with Gasteiger partial charge in [-0.25, -0.2) is 0 Å². The first kappa shape index (κ1) is 36.9. The van der Waals surface area contributed by atoms with E-state index in [1.807, 2.05) is 60.7 Å². The maximum absolute atomic E-state index is 12.4. The summed E-state index contributed by atoms with van der Waals surface area (Å²) in [5.74, 6) is -2.04. The van der Waals surface area contributed by atoms with E-state index in [9.17, 15) is 24.3 Å². The van der Waals surface area contributed by atoms with Crippen molar-refractivity contribution < 1.29 is 57.4 Å². The van der Waals surface area contributed by atoms with E-state index in [1.54, 1.807) is 0 Å². The first-order chi connectivity index (χ1) is 23.0. The molecule has 9 atom stereocenters. The fourth-order valence-corrected chi connectivity index (χ4v) is 5.67. The Balaban J connectivity index is 1.69. The molecule has 2 aliphatic rings. The second-order valence-electron chi connectivity index (χ2n) is 11.7. The molecule has 0 aliphatic carbocycles. The number of hydrogen-bond acceptors (Lipinski definition) is 12. The van der Waals surface area contributed by atoms with Gasteiger partial charge in [0.2, 0.25) is 11.8 Å². The van der Waals surface area contributed by atoms with Crippen molar-refractivity contribution in [2.45, 2.75) is 103 Å². The lowest BCUT2D eigenvalue weighted by atomic mass is 9.95. The zero-order valence-corrected chi connectivity index (χ0v) is 27.4. The molecule has 2 heterocycles. The predicted molar refractivity (Wildman–Crippen MR) is 168 cm³/mol. The first-order valence-electron chi connectivity index (χ1n) is 15.8. The molecule has 14 nitrogen and oxygen atoms in total. The lowest BCUT2D eigenvalue weighted by molar-refractivity contribution is -0.324. The van der Waals surface area contributed by atoms with Crippen LogP contribution < -0.4 is 10.6 Å². The molecule has 2 amide bonds. The number of ether oxygens (including phenoxy) is 7. The number of hydrogen-bond donors (Lipinski definition) is 3. The number of rotatable bonds is 14. The van der Waals surface area contributed by atoms with Crippen LogP contribution in [0.3, 0.4) is 0 Å². The van der Waals surface area contributed by atoms with Crippen LogP contribution in [-0.2, 0) is 65.5 Å². The number of nitrogens with one attached hydrogen (secondary N) is 2. The van der Waals surface area contributed by atoms with Crippen molar-refractivity contribution in [2.75, 3.05) is 13.2 Å². The molecule has 48 heavy (non-hydrogen) atoms. The van der Waals surface area contributed by atoms with E-state index in [2.05, 4.69) is 10.6 Å². The van der Waals surface area contributed by atoms with Crippen molar-refractivity contribution >= 4 is 23.8 Å². The fourth-order valence-electron chi connectivity index (χ4n) is 5.67. The number of carbonyl (C=O) groups is 4. The van der Waals surface area contributed by atoms with Gasteiger partial charge in [-0.1, -0.05) is 60.7 Å². The molecule has 2 aromatic rings. The van der Waals surface area contributed by atoms with Gasteiger partial charge in [-0.3, -0.25) is 19.2 Å².